The molecule has 0 bridgehead atoms. The highest BCUT2D eigenvalue weighted by atomic mass is 32.2. The van der Waals surface area contributed by atoms with E-state index in [0.717, 1.165) is 29.5 Å². The van der Waals surface area contributed by atoms with Crippen molar-refractivity contribution in [3.63, 3.8) is 0 Å². The van der Waals surface area contributed by atoms with Crippen LogP contribution in [0.1, 0.15) is 54.8 Å². The summed E-state index contributed by atoms with van der Waals surface area (Å²) < 4.78 is 86.9. The summed E-state index contributed by atoms with van der Waals surface area (Å²) in [5.74, 6) is -2.57. The third-order valence-electron chi connectivity index (χ3n) is 7.89. The molecule has 222 valence electrons. The van der Waals surface area contributed by atoms with Gasteiger partial charge in [0.1, 0.15) is 6.10 Å². The molecule has 2 amide bonds. The molecule has 3 aromatic rings. The Labute approximate surface area is 239 Å². The molecule has 42 heavy (non-hydrogen) atoms. The van der Waals surface area contributed by atoms with Crippen molar-refractivity contribution in [1.82, 2.24) is 19.5 Å². The third kappa shape index (κ3) is 5.46. The topological polar surface area (TPSA) is 115 Å². The maximum atomic E-state index is 13.3. The number of nitrogens with one attached hydrogen (secondary N) is 2. The normalized spacial score (nSPS) is 19.5. The summed E-state index contributed by atoms with van der Waals surface area (Å²) in [4.78, 5) is 17.3. The number of amides is 2. The van der Waals surface area contributed by atoms with Crippen molar-refractivity contribution >= 4 is 21.7 Å². The molecule has 0 saturated heterocycles. The van der Waals surface area contributed by atoms with E-state index in [1.165, 1.54) is 23.1 Å². The SMILES string of the molecule is Cc1cc2c(c(NC(=O)NS(=O)(=O)c3ccn(C4CC(=C(F)F)C4)n3)c1-c1ccnc(OC3CC(F)(F)C3)c1)CCC2. The number of anilines is 1. The number of carbonyl (C=O) groups is 1. The van der Waals surface area contributed by atoms with Gasteiger partial charge in [-0.2, -0.15) is 22.3 Å². The Morgan fingerprint density at radius 1 is 1.14 bits per heavy atom. The third-order valence-corrected chi connectivity index (χ3v) is 9.11. The average Bonchev–Trinajstić information content (AvgIpc) is 3.52. The number of alkyl halides is 2. The molecule has 1 aromatic carbocycles. The molecule has 9 nitrogen and oxygen atoms in total. The number of aromatic nitrogens is 3. The molecule has 14 heteroatoms. The number of fused-ring (bicyclic) bond motifs is 1. The number of hydrogen-bond donors (Lipinski definition) is 2. The first-order chi connectivity index (χ1) is 19.9. The van der Waals surface area contributed by atoms with Gasteiger partial charge in [0, 0.05) is 36.9 Å². The Kier molecular flexibility index (Phi) is 6.98. The number of allylic oxidation sites excluding steroid dienone is 1. The summed E-state index contributed by atoms with van der Waals surface area (Å²) in [6.45, 7) is 1.86. The van der Waals surface area contributed by atoms with Crippen molar-refractivity contribution in [2.75, 3.05) is 5.32 Å². The molecule has 0 spiro atoms. The Morgan fingerprint density at radius 3 is 2.62 bits per heavy atom. The van der Waals surface area contributed by atoms with Gasteiger partial charge < -0.3 is 10.1 Å². The zero-order valence-corrected chi connectivity index (χ0v) is 23.3. The number of rotatable bonds is 7. The van der Waals surface area contributed by atoms with Gasteiger partial charge in [0.25, 0.3) is 22.0 Å². The van der Waals surface area contributed by atoms with Crippen LogP contribution in [0.25, 0.3) is 11.1 Å². The zero-order valence-electron chi connectivity index (χ0n) is 22.5. The Morgan fingerprint density at radius 2 is 1.90 bits per heavy atom. The fourth-order valence-corrected chi connectivity index (χ4v) is 6.57. The number of aryl methyl sites for hydroxylation is 2. The van der Waals surface area contributed by atoms with Crippen molar-refractivity contribution in [3.05, 3.63) is 65.0 Å². The van der Waals surface area contributed by atoms with Gasteiger partial charge in [-0.25, -0.2) is 23.3 Å². The fraction of sp³-hybridized carbons (Fsp3) is 0.393. The molecular formula is C28H27F4N5O4S. The van der Waals surface area contributed by atoms with Crippen LogP contribution in [-0.4, -0.2) is 41.2 Å². The van der Waals surface area contributed by atoms with Gasteiger partial charge in [-0.15, -0.1) is 0 Å². The van der Waals surface area contributed by atoms with Gasteiger partial charge in [0.15, 0.2) is 5.03 Å². The van der Waals surface area contributed by atoms with Crippen molar-refractivity contribution in [2.24, 2.45) is 0 Å². The quantitative estimate of drug-likeness (QED) is 0.324. The minimum atomic E-state index is -4.38. The van der Waals surface area contributed by atoms with E-state index in [2.05, 4.69) is 15.4 Å². The van der Waals surface area contributed by atoms with E-state index in [1.54, 1.807) is 12.1 Å². The Bertz CT molecular complexity index is 1700. The van der Waals surface area contributed by atoms with E-state index in [-0.39, 0.29) is 43.2 Å². The first-order valence-electron chi connectivity index (χ1n) is 13.5. The van der Waals surface area contributed by atoms with Crippen LogP contribution in [0.3, 0.4) is 0 Å². The van der Waals surface area contributed by atoms with Crippen molar-refractivity contribution in [2.45, 2.75) is 75.0 Å². The maximum absolute atomic E-state index is 13.3. The van der Waals surface area contributed by atoms with Gasteiger partial charge >= 0.3 is 6.03 Å². The molecule has 3 aliphatic rings. The van der Waals surface area contributed by atoms with Gasteiger partial charge in [-0.05, 0) is 79.0 Å². The van der Waals surface area contributed by atoms with Gasteiger partial charge in [0.05, 0.1) is 11.7 Å². The molecule has 2 heterocycles. The van der Waals surface area contributed by atoms with Crippen molar-refractivity contribution in [1.29, 1.82) is 0 Å². The molecule has 6 rings (SSSR count). The number of nitrogens with zero attached hydrogens (tertiary/aromatic N) is 3. The fourth-order valence-electron chi connectivity index (χ4n) is 5.72. The summed E-state index contributed by atoms with van der Waals surface area (Å²) in [5, 5.41) is 6.31. The summed E-state index contributed by atoms with van der Waals surface area (Å²) in [6.07, 6.45) is 2.20. The van der Waals surface area contributed by atoms with Crippen LogP contribution in [0, 0.1) is 6.92 Å². The van der Waals surface area contributed by atoms with Crippen LogP contribution >= 0.6 is 0 Å². The van der Waals surface area contributed by atoms with Crippen LogP contribution in [0.15, 0.2) is 53.3 Å². The lowest BCUT2D eigenvalue weighted by molar-refractivity contribution is -0.135. The largest absolute Gasteiger partial charge is 0.474 e. The minimum Gasteiger partial charge on any atom is -0.474 e. The summed E-state index contributed by atoms with van der Waals surface area (Å²) in [6, 6.07) is 5.16. The second-order valence-corrected chi connectivity index (χ2v) is 12.6. The monoisotopic (exact) mass is 605 g/mol. The molecule has 0 aliphatic heterocycles. The molecule has 2 fully saturated rings. The number of pyridine rings is 1. The highest BCUT2D eigenvalue weighted by Gasteiger charge is 2.47. The lowest BCUT2D eigenvalue weighted by Gasteiger charge is -2.34. The van der Waals surface area contributed by atoms with Gasteiger partial charge in [-0.1, -0.05) is 6.07 Å². The second kappa shape index (κ2) is 10.4. The molecule has 0 unspecified atom stereocenters. The number of hydrogen-bond acceptors (Lipinski definition) is 6. The Hall–Kier alpha value is -3.94. The molecule has 2 N–H and O–H groups in total. The summed E-state index contributed by atoms with van der Waals surface area (Å²) in [7, 11) is -4.38. The lowest BCUT2D eigenvalue weighted by atomic mass is 9.87. The highest BCUT2D eigenvalue weighted by molar-refractivity contribution is 7.90. The number of ether oxygens (including phenoxy) is 1. The molecular weight excluding hydrogens is 578 g/mol. The minimum absolute atomic E-state index is 0.0105. The zero-order chi connectivity index (χ0) is 29.8. The summed E-state index contributed by atoms with van der Waals surface area (Å²) in [5.41, 5.74) is 4.43. The number of sulfonamides is 1. The van der Waals surface area contributed by atoms with Crippen molar-refractivity contribution < 1.29 is 35.5 Å². The number of carbonyl (C=O) groups excluding carboxylic acids is 1. The average molecular weight is 606 g/mol. The second-order valence-electron chi connectivity index (χ2n) is 10.9. The maximum Gasteiger partial charge on any atom is 0.333 e. The van der Waals surface area contributed by atoms with Gasteiger partial charge in [-0.3, -0.25) is 4.68 Å². The van der Waals surface area contributed by atoms with E-state index >= 15 is 0 Å². The molecule has 0 atom stereocenters. The predicted molar refractivity (Wildman–Crippen MR) is 144 cm³/mol. The smallest absolute Gasteiger partial charge is 0.333 e. The standard InChI is InChI=1S/C28H27F4N5O4S/c1-15-9-16-3-2-4-21(16)25(24(15)17-5-7-33-22(12-17)41-20-13-28(31,32)14-20)34-27(38)36-42(39,40)23-6-8-37(35-23)19-10-18(11-19)26(29)30/h5-9,12,19-20H,2-4,10-11,13-14H2,1H3,(H2,34,36,38). The predicted octanol–water partition coefficient (Wildman–Crippen LogP) is 5.91. The van der Waals surface area contributed by atoms with E-state index in [4.69, 9.17) is 4.74 Å². The van der Waals surface area contributed by atoms with E-state index in [9.17, 15) is 30.8 Å². The van der Waals surface area contributed by atoms with Crippen LogP contribution in [0.2, 0.25) is 0 Å². The van der Waals surface area contributed by atoms with Crippen LogP contribution in [0.4, 0.5) is 28.0 Å². The van der Waals surface area contributed by atoms with Crippen LogP contribution in [-0.2, 0) is 22.9 Å². The molecule has 0 radical (unpaired) electrons. The number of benzene rings is 1. The van der Waals surface area contributed by atoms with Gasteiger partial charge in [0.2, 0.25) is 5.88 Å². The van der Waals surface area contributed by atoms with Crippen LogP contribution < -0.4 is 14.8 Å². The lowest BCUT2D eigenvalue weighted by Crippen LogP contribution is -2.43. The van der Waals surface area contributed by atoms with Crippen molar-refractivity contribution in [3.8, 4) is 17.0 Å². The van der Waals surface area contributed by atoms with Crippen LogP contribution in [0.5, 0.6) is 5.88 Å². The highest BCUT2D eigenvalue weighted by Crippen LogP contribution is 2.43. The number of halogens is 4. The molecule has 3 aliphatic carbocycles. The Balaban J connectivity index is 1.23. The summed E-state index contributed by atoms with van der Waals surface area (Å²) >= 11 is 0. The first-order valence-corrected chi connectivity index (χ1v) is 14.9. The molecule has 2 saturated carbocycles. The molecule has 2 aromatic heterocycles. The van der Waals surface area contributed by atoms with E-state index < -0.39 is 39.2 Å². The first kappa shape index (κ1) is 28.2. The van der Waals surface area contributed by atoms with E-state index in [0.29, 0.717) is 23.2 Å². The van der Waals surface area contributed by atoms with E-state index in [1.807, 2.05) is 17.7 Å². The number of urea groups is 1.